The fourth-order valence-corrected chi connectivity index (χ4v) is 15.2. The van der Waals surface area contributed by atoms with Gasteiger partial charge in [0, 0.05) is 5.41 Å². The quantitative estimate of drug-likeness (QED) is 0.0971. The summed E-state index contributed by atoms with van der Waals surface area (Å²) in [6.07, 6.45) is -18.9. The second-order valence-electron chi connectivity index (χ2n) is 22.9. The normalized spacial score (nSPS) is 56.7. The second kappa shape index (κ2) is 18.5. The summed E-state index contributed by atoms with van der Waals surface area (Å²) in [5.41, 5.74) is -1.64. The number of esters is 1. The Morgan fingerprint density at radius 1 is 0.701 bits per heavy atom. The highest BCUT2D eigenvalue weighted by molar-refractivity contribution is 5.79. The zero-order valence-corrected chi connectivity index (χ0v) is 39.8. The van der Waals surface area contributed by atoms with Crippen LogP contribution in [0.1, 0.15) is 99.8 Å². The molecular formula is C48H78O19. The Balaban J connectivity index is 0.985. The van der Waals surface area contributed by atoms with Gasteiger partial charge in [-0.3, -0.25) is 4.79 Å². The number of hydrogen-bond acceptors (Lipinski definition) is 19. The smallest absolute Gasteiger partial charge is 0.315 e. The van der Waals surface area contributed by atoms with Gasteiger partial charge in [0.05, 0.1) is 43.5 Å². The van der Waals surface area contributed by atoms with E-state index in [9.17, 15) is 61.3 Å². The first-order valence-corrected chi connectivity index (χ1v) is 24.5. The van der Waals surface area contributed by atoms with Gasteiger partial charge in [0.25, 0.3) is 0 Å². The minimum absolute atomic E-state index is 0.0112. The molecule has 384 valence electrons. The van der Waals surface area contributed by atoms with Crippen molar-refractivity contribution in [3.63, 3.8) is 0 Å². The van der Waals surface area contributed by atoms with E-state index < -0.39 is 134 Å². The molecule has 5 aliphatic carbocycles. The van der Waals surface area contributed by atoms with E-state index in [1.807, 2.05) is 6.92 Å². The van der Waals surface area contributed by atoms with Gasteiger partial charge in [-0.25, -0.2) is 0 Å². The highest BCUT2D eigenvalue weighted by Gasteiger charge is 2.71. The topological polar surface area (TPSA) is 315 Å². The molecule has 19 heteroatoms. The summed E-state index contributed by atoms with van der Waals surface area (Å²) in [6.45, 7) is 13.0. The summed E-state index contributed by atoms with van der Waals surface area (Å²) in [5, 5.41) is 130. The summed E-state index contributed by atoms with van der Waals surface area (Å²) < 4.78 is 34.7. The van der Waals surface area contributed by atoms with Crippen LogP contribution in [0, 0.1) is 56.7 Å². The minimum Gasteiger partial charge on any atom is -0.432 e. The van der Waals surface area contributed by atoms with E-state index in [0.717, 1.165) is 19.3 Å². The number of rotatable bonds is 9. The van der Waals surface area contributed by atoms with Crippen molar-refractivity contribution >= 4 is 5.97 Å². The zero-order valence-electron chi connectivity index (χ0n) is 39.8. The molecule has 1 unspecified atom stereocenters. The number of carbonyl (C=O) groups is 1. The standard InChI is InChI=1S/C48H78O19/c1-20-10-13-48(15-14-46(6)23(29(48)21(20)2)8-9-28-44(4)16-24(51)39(60)45(5,19-50)27(44)11-12-47(28,46)7)43(61)67-42-36(58)33(55)31(53)26(65-42)18-62-40-37(59)34(56)38(25(17-49)64-40)66-41-35(57)32(54)30(52)22(3)63-41/h8,20-22,24-42,49-60H,9-19H2,1-7H3/t20-,21+,22-,24-,25-,26-,27-,28?,29-,30+,31-,32-,33+,34-,35-,36-,37-,38-,39+,40-,41+,42+,44+,45+,46-,47-,48+/m1/s1. The highest BCUT2D eigenvalue weighted by Crippen LogP contribution is 2.76. The lowest BCUT2D eigenvalue weighted by molar-refractivity contribution is -0.361. The maximum atomic E-state index is 15.0. The van der Waals surface area contributed by atoms with Crippen molar-refractivity contribution in [1.29, 1.82) is 0 Å². The van der Waals surface area contributed by atoms with Gasteiger partial charge in [-0.2, -0.15) is 0 Å². The van der Waals surface area contributed by atoms with Gasteiger partial charge in [-0.1, -0.05) is 53.2 Å². The number of hydrogen-bond donors (Lipinski definition) is 12. The molecule has 4 saturated carbocycles. The molecule has 0 radical (unpaired) electrons. The number of allylic oxidation sites excluding steroid dienone is 2. The Kier molecular flexibility index (Phi) is 14.4. The molecule has 3 aliphatic heterocycles. The van der Waals surface area contributed by atoms with Crippen LogP contribution < -0.4 is 0 Å². The van der Waals surface area contributed by atoms with Crippen LogP contribution in [0.4, 0.5) is 0 Å². The minimum atomic E-state index is -1.86. The monoisotopic (exact) mass is 959 g/mol. The number of aliphatic hydroxyl groups excluding tert-OH is 12. The van der Waals surface area contributed by atoms with Crippen molar-refractivity contribution in [1.82, 2.24) is 0 Å². The predicted molar refractivity (Wildman–Crippen MR) is 231 cm³/mol. The summed E-state index contributed by atoms with van der Waals surface area (Å²) in [6, 6.07) is 0. The lowest BCUT2D eigenvalue weighted by atomic mass is 9.33. The summed E-state index contributed by atoms with van der Waals surface area (Å²) in [5.74, 6) is -0.386. The van der Waals surface area contributed by atoms with Gasteiger partial charge in [0.2, 0.25) is 6.29 Å². The third-order valence-corrected chi connectivity index (χ3v) is 19.7. The fraction of sp³-hybridized carbons (Fsp3) is 0.938. The van der Waals surface area contributed by atoms with E-state index in [0.29, 0.717) is 32.1 Å². The maximum Gasteiger partial charge on any atom is 0.315 e. The van der Waals surface area contributed by atoms with Crippen molar-refractivity contribution in [2.45, 2.75) is 204 Å². The number of aliphatic hydroxyl groups is 12. The van der Waals surface area contributed by atoms with E-state index in [-0.39, 0.29) is 52.4 Å². The lowest BCUT2D eigenvalue weighted by Gasteiger charge is -2.71. The molecule has 67 heavy (non-hydrogen) atoms. The average Bonchev–Trinajstić information content (AvgIpc) is 3.29. The van der Waals surface area contributed by atoms with E-state index in [2.05, 4.69) is 40.7 Å². The molecular weight excluding hydrogens is 881 g/mol. The van der Waals surface area contributed by atoms with Crippen molar-refractivity contribution in [3.8, 4) is 0 Å². The summed E-state index contributed by atoms with van der Waals surface area (Å²) >= 11 is 0. The Morgan fingerprint density at radius 3 is 2.01 bits per heavy atom. The van der Waals surface area contributed by atoms with Gasteiger partial charge < -0.3 is 89.7 Å². The van der Waals surface area contributed by atoms with Crippen LogP contribution >= 0.6 is 0 Å². The molecule has 0 bridgehead atoms. The number of ether oxygens (including phenoxy) is 6. The largest absolute Gasteiger partial charge is 0.432 e. The molecule has 8 rings (SSSR count). The molecule has 0 spiro atoms. The Bertz CT molecular complexity index is 1820. The van der Waals surface area contributed by atoms with E-state index >= 15 is 4.79 Å². The molecule has 0 aromatic carbocycles. The molecule has 19 nitrogen and oxygen atoms in total. The molecule has 12 N–H and O–H groups in total. The van der Waals surface area contributed by atoms with Crippen molar-refractivity contribution in [2.75, 3.05) is 19.8 Å². The van der Waals surface area contributed by atoms with Crippen LogP contribution in [0.2, 0.25) is 0 Å². The first-order valence-electron chi connectivity index (χ1n) is 24.5. The van der Waals surface area contributed by atoms with Crippen molar-refractivity contribution < 1.29 is 94.5 Å². The average molecular weight is 959 g/mol. The first-order chi connectivity index (χ1) is 31.4. The predicted octanol–water partition coefficient (Wildman–Crippen LogP) is -1.03. The molecule has 3 heterocycles. The second-order valence-corrected chi connectivity index (χ2v) is 22.9. The molecule has 0 amide bonds. The van der Waals surface area contributed by atoms with E-state index in [4.69, 9.17) is 28.4 Å². The van der Waals surface area contributed by atoms with Crippen LogP contribution in [-0.2, 0) is 33.2 Å². The van der Waals surface area contributed by atoms with Crippen LogP contribution in [0.25, 0.3) is 0 Å². The maximum absolute atomic E-state index is 15.0. The molecule has 3 saturated heterocycles. The van der Waals surface area contributed by atoms with Crippen LogP contribution in [-0.4, -0.2) is 191 Å². The Morgan fingerprint density at radius 2 is 1.34 bits per heavy atom. The lowest BCUT2D eigenvalue weighted by Crippen LogP contribution is -2.68. The van der Waals surface area contributed by atoms with Crippen molar-refractivity contribution in [3.05, 3.63) is 11.6 Å². The molecule has 7 fully saturated rings. The third-order valence-electron chi connectivity index (χ3n) is 19.7. The SMILES string of the molecule is C[C@H]1[C@H](C)CC[C@]2(C(=O)O[C@@H]3O[C@H](CO[C@@H]4O[C@H](CO)[C@@H](O[C@@H]5O[C@H](C)[C@H](O)[C@@H](O)[C@H]5O)[C@H](O)[C@H]4O)[C@@H](O)[C@H](O)[C@H]3O)CC[C@]3(C)C(=CCC4[C@@]5(C)C[C@@H](O)[C@H](O)[C@@](C)(CO)[C@@H]5CC[C@]43C)[C@@H]12. The van der Waals surface area contributed by atoms with Gasteiger partial charge in [-0.15, -0.1) is 0 Å². The fourth-order valence-electron chi connectivity index (χ4n) is 15.2. The van der Waals surface area contributed by atoms with E-state index in [1.165, 1.54) is 12.5 Å². The zero-order chi connectivity index (χ0) is 49.1. The third kappa shape index (κ3) is 7.92. The van der Waals surface area contributed by atoms with Gasteiger partial charge in [-0.05, 0) is 104 Å². The van der Waals surface area contributed by atoms with Crippen LogP contribution in [0.5, 0.6) is 0 Å². The van der Waals surface area contributed by atoms with E-state index in [1.54, 1.807) is 0 Å². The molecule has 0 aromatic heterocycles. The molecule has 27 atom stereocenters. The number of fused-ring (bicyclic) bond motifs is 7. The summed E-state index contributed by atoms with van der Waals surface area (Å²) in [4.78, 5) is 15.0. The van der Waals surface area contributed by atoms with Gasteiger partial charge >= 0.3 is 5.97 Å². The molecule has 0 aromatic rings. The Hall–Kier alpha value is -1.47. The highest BCUT2D eigenvalue weighted by atomic mass is 16.8. The first kappa shape index (κ1) is 51.9. The number of carbonyl (C=O) groups excluding carboxylic acids is 1. The van der Waals surface area contributed by atoms with Crippen molar-refractivity contribution in [2.24, 2.45) is 56.7 Å². The van der Waals surface area contributed by atoms with Gasteiger partial charge in [0.15, 0.2) is 12.6 Å². The van der Waals surface area contributed by atoms with Crippen LogP contribution in [0.15, 0.2) is 11.6 Å². The van der Waals surface area contributed by atoms with Crippen LogP contribution in [0.3, 0.4) is 0 Å². The molecule has 8 aliphatic rings. The Labute approximate surface area is 392 Å². The van der Waals surface area contributed by atoms with Gasteiger partial charge in [0.1, 0.15) is 67.1 Å². The summed E-state index contributed by atoms with van der Waals surface area (Å²) in [7, 11) is 0.